The number of para-hydroxylation sites is 1. The summed E-state index contributed by atoms with van der Waals surface area (Å²) in [5.41, 5.74) is 8.07. The van der Waals surface area contributed by atoms with Gasteiger partial charge in [0.25, 0.3) is 0 Å². The lowest BCUT2D eigenvalue weighted by Gasteiger charge is -2.06. The Bertz CT molecular complexity index is 975. The molecule has 0 saturated carbocycles. The second-order valence-electron chi connectivity index (χ2n) is 6.94. The summed E-state index contributed by atoms with van der Waals surface area (Å²) in [5.74, 6) is -0.553. The maximum atomic E-state index is 12.5. The van der Waals surface area contributed by atoms with Crippen molar-refractivity contribution in [1.29, 1.82) is 0 Å². The number of aldehydes is 1. The molecular weight excluding hydrogens is 408 g/mol. The van der Waals surface area contributed by atoms with Crippen molar-refractivity contribution >= 4 is 12.0 Å². The number of hydrogen-bond donors (Lipinski definition) is 2. The van der Waals surface area contributed by atoms with E-state index in [0.29, 0.717) is 18.1 Å². The molecule has 7 heteroatoms. The third-order valence-corrected chi connectivity index (χ3v) is 4.55. The fourth-order valence-corrected chi connectivity index (χ4v) is 2.95. The van der Waals surface area contributed by atoms with Crippen LogP contribution in [0.3, 0.4) is 0 Å². The summed E-state index contributed by atoms with van der Waals surface area (Å²) in [6.07, 6.45) is -4.46. The summed E-state index contributed by atoms with van der Waals surface area (Å²) in [7, 11) is 0. The van der Waals surface area contributed by atoms with Gasteiger partial charge in [-0.25, -0.2) is 4.39 Å². The number of nitrogens with one attached hydrogen (secondary N) is 1. The maximum absolute atomic E-state index is 12.5. The zero-order valence-electron chi connectivity index (χ0n) is 17.0. The SMILES string of the molecule is Cc1ccccc1.NCC1CNc2ccccc21.O=Cc1cc(F)cc(C(F)(F)F)c1. The Morgan fingerprint density at radius 2 is 1.68 bits per heavy atom. The molecule has 31 heavy (non-hydrogen) atoms. The molecular formula is C24H24F4N2O. The van der Waals surface area contributed by atoms with Crippen LogP contribution in [-0.2, 0) is 6.18 Å². The number of aryl methyl sites for hydroxylation is 1. The normalized spacial score (nSPS) is 14.2. The summed E-state index contributed by atoms with van der Waals surface area (Å²) in [6.45, 7) is 3.82. The number of carbonyl (C=O) groups is 1. The topological polar surface area (TPSA) is 55.1 Å². The van der Waals surface area contributed by atoms with E-state index < -0.39 is 17.6 Å². The fraction of sp³-hybridized carbons (Fsp3) is 0.208. The zero-order chi connectivity index (χ0) is 22.9. The molecule has 1 aliphatic rings. The molecule has 0 aromatic heterocycles. The Labute approximate surface area is 178 Å². The number of alkyl halides is 3. The predicted molar refractivity (Wildman–Crippen MR) is 115 cm³/mol. The van der Waals surface area contributed by atoms with Crippen LogP contribution >= 0.6 is 0 Å². The molecule has 0 aliphatic carbocycles. The lowest BCUT2D eigenvalue weighted by Crippen LogP contribution is -2.13. The number of nitrogens with two attached hydrogens (primary N) is 1. The van der Waals surface area contributed by atoms with Crippen LogP contribution in [0.1, 0.15) is 33.0 Å². The van der Waals surface area contributed by atoms with Gasteiger partial charge in [0.05, 0.1) is 5.56 Å². The third-order valence-electron chi connectivity index (χ3n) is 4.55. The fourth-order valence-electron chi connectivity index (χ4n) is 2.95. The molecule has 1 aliphatic heterocycles. The van der Waals surface area contributed by atoms with Crippen molar-refractivity contribution < 1.29 is 22.4 Å². The second-order valence-corrected chi connectivity index (χ2v) is 6.94. The lowest BCUT2D eigenvalue weighted by molar-refractivity contribution is -0.137. The number of hydrogen-bond acceptors (Lipinski definition) is 3. The number of rotatable bonds is 2. The van der Waals surface area contributed by atoms with Crippen LogP contribution in [0.25, 0.3) is 0 Å². The summed E-state index contributed by atoms with van der Waals surface area (Å²) < 4.78 is 48.5. The van der Waals surface area contributed by atoms with Gasteiger partial charge in [-0.05, 0) is 36.8 Å². The van der Waals surface area contributed by atoms with Crippen molar-refractivity contribution in [3.63, 3.8) is 0 Å². The van der Waals surface area contributed by atoms with E-state index >= 15 is 0 Å². The van der Waals surface area contributed by atoms with Gasteiger partial charge in [-0.1, -0.05) is 54.1 Å². The van der Waals surface area contributed by atoms with Gasteiger partial charge >= 0.3 is 6.18 Å². The van der Waals surface area contributed by atoms with E-state index in [2.05, 4.69) is 42.6 Å². The van der Waals surface area contributed by atoms with E-state index in [0.717, 1.165) is 19.2 Å². The standard InChI is InChI=1S/C9H12N2.C8H4F4O.C7H8/c10-5-7-6-11-9-4-2-1-3-8(7)9;9-7-2-5(4-13)1-6(3-7)8(10,11)12;1-7-5-3-2-4-6-7/h1-4,7,11H,5-6,10H2;1-4H;2-6H,1H3. The van der Waals surface area contributed by atoms with Crippen LogP contribution in [0.15, 0.2) is 72.8 Å². The van der Waals surface area contributed by atoms with Crippen molar-refractivity contribution in [1.82, 2.24) is 0 Å². The van der Waals surface area contributed by atoms with Crippen LogP contribution < -0.4 is 11.1 Å². The molecule has 0 fully saturated rings. The molecule has 3 nitrogen and oxygen atoms in total. The first-order valence-electron chi connectivity index (χ1n) is 9.62. The molecule has 4 rings (SSSR count). The van der Waals surface area contributed by atoms with E-state index in [4.69, 9.17) is 5.73 Å². The first kappa shape index (κ1) is 24.1. The van der Waals surface area contributed by atoms with Gasteiger partial charge in [0.2, 0.25) is 0 Å². The van der Waals surface area contributed by atoms with Crippen LogP contribution in [0.4, 0.5) is 23.2 Å². The van der Waals surface area contributed by atoms with E-state index in [-0.39, 0.29) is 11.8 Å². The number of anilines is 1. The van der Waals surface area contributed by atoms with E-state index in [1.165, 1.54) is 16.8 Å². The largest absolute Gasteiger partial charge is 0.416 e. The van der Waals surface area contributed by atoms with Gasteiger partial charge in [-0.15, -0.1) is 0 Å². The number of fused-ring (bicyclic) bond motifs is 1. The quantitative estimate of drug-likeness (QED) is 0.397. The van der Waals surface area contributed by atoms with Crippen molar-refractivity contribution in [2.45, 2.75) is 19.0 Å². The average molecular weight is 432 g/mol. The Balaban J connectivity index is 0.000000172. The molecule has 1 atom stereocenters. The zero-order valence-corrected chi connectivity index (χ0v) is 17.0. The molecule has 1 heterocycles. The Hall–Kier alpha value is -3.19. The minimum Gasteiger partial charge on any atom is -0.384 e. The molecule has 1 unspecified atom stereocenters. The molecule has 3 N–H and O–H groups in total. The highest BCUT2D eigenvalue weighted by atomic mass is 19.4. The molecule has 0 spiro atoms. The van der Waals surface area contributed by atoms with Crippen molar-refractivity contribution in [2.24, 2.45) is 5.73 Å². The molecule has 164 valence electrons. The van der Waals surface area contributed by atoms with Gasteiger partial charge in [-0.2, -0.15) is 13.2 Å². The Kier molecular flexibility index (Phi) is 8.75. The molecule has 0 amide bonds. The highest BCUT2D eigenvalue weighted by Gasteiger charge is 2.31. The molecule has 0 saturated heterocycles. The summed E-state index contributed by atoms with van der Waals surface area (Å²) in [5, 5.41) is 3.32. The summed E-state index contributed by atoms with van der Waals surface area (Å²) in [6, 6.07) is 20.3. The molecule has 3 aromatic rings. The summed E-state index contributed by atoms with van der Waals surface area (Å²) >= 11 is 0. The molecule has 0 radical (unpaired) electrons. The monoisotopic (exact) mass is 432 g/mol. The third kappa shape index (κ3) is 7.53. The lowest BCUT2D eigenvalue weighted by atomic mass is 10.0. The van der Waals surface area contributed by atoms with Gasteiger partial charge in [0.15, 0.2) is 0 Å². The summed E-state index contributed by atoms with van der Waals surface area (Å²) in [4.78, 5) is 10.1. The Morgan fingerprint density at radius 3 is 2.23 bits per heavy atom. The predicted octanol–water partition coefficient (Wildman–Crippen LogP) is 5.81. The highest BCUT2D eigenvalue weighted by Crippen LogP contribution is 2.30. The van der Waals surface area contributed by atoms with Crippen molar-refractivity contribution in [3.05, 3.63) is 101 Å². The molecule has 0 bridgehead atoms. The first-order chi connectivity index (χ1) is 14.7. The van der Waals surface area contributed by atoms with Crippen LogP contribution in [0, 0.1) is 12.7 Å². The first-order valence-corrected chi connectivity index (χ1v) is 9.62. The van der Waals surface area contributed by atoms with Crippen LogP contribution in [0.2, 0.25) is 0 Å². The van der Waals surface area contributed by atoms with Gasteiger partial charge in [0, 0.05) is 30.3 Å². The number of benzene rings is 3. The van der Waals surface area contributed by atoms with Crippen molar-refractivity contribution in [2.75, 3.05) is 18.4 Å². The van der Waals surface area contributed by atoms with E-state index in [1.54, 1.807) is 0 Å². The van der Waals surface area contributed by atoms with Crippen LogP contribution in [0.5, 0.6) is 0 Å². The number of carbonyl (C=O) groups excluding carboxylic acids is 1. The maximum Gasteiger partial charge on any atom is 0.416 e. The minimum absolute atomic E-state index is 0.165. The van der Waals surface area contributed by atoms with Gasteiger partial charge < -0.3 is 11.1 Å². The number of halogens is 4. The minimum atomic E-state index is -4.63. The second kappa shape index (κ2) is 11.3. The smallest absolute Gasteiger partial charge is 0.384 e. The van der Waals surface area contributed by atoms with Crippen molar-refractivity contribution in [3.8, 4) is 0 Å². The molecule has 3 aromatic carbocycles. The highest BCUT2D eigenvalue weighted by molar-refractivity contribution is 5.75. The Morgan fingerprint density at radius 1 is 1.03 bits per heavy atom. The van der Waals surface area contributed by atoms with E-state index in [1.807, 2.05) is 24.3 Å². The van der Waals surface area contributed by atoms with E-state index in [9.17, 15) is 22.4 Å². The van der Waals surface area contributed by atoms with Gasteiger partial charge in [-0.3, -0.25) is 4.79 Å². The average Bonchev–Trinajstić information content (AvgIpc) is 3.17. The van der Waals surface area contributed by atoms with Crippen LogP contribution in [-0.4, -0.2) is 19.4 Å². The van der Waals surface area contributed by atoms with Gasteiger partial charge in [0.1, 0.15) is 12.1 Å².